The van der Waals surface area contributed by atoms with Crippen LogP contribution in [0.1, 0.15) is 24.7 Å². The summed E-state index contributed by atoms with van der Waals surface area (Å²) in [5, 5.41) is 18.0. The van der Waals surface area contributed by atoms with Gasteiger partial charge in [0, 0.05) is 24.1 Å². The molecule has 0 radical (unpaired) electrons. The van der Waals surface area contributed by atoms with Gasteiger partial charge in [-0.3, -0.25) is 0 Å². The molecule has 3 heterocycles. The molecule has 0 amide bonds. The number of nitrogens with one attached hydrogen (secondary N) is 1. The van der Waals surface area contributed by atoms with Gasteiger partial charge < -0.3 is 5.32 Å². The number of rotatable bonds is 3. The first-order valence-corrected chi connectivity index (χ1v) is 9.03. The van der Waals surface area contributed by atoms with Crippen molar-refractivity contribution in [3.8, 4) is 0 Å². The van der Waals surface area contributed by atoms with Crippen LogP contribution in [0, 0.1) is 6.92 Å². The molecule has 0 saturated carbocycles. The van der Waals surface area contributed by atoms with Crippen LogP contribution >= 0.6 is 23.1 Å². The number of aryl methyl sites for hydroxylation is 2. The van der Waals surface area contributed by atoms with Gasteiger partial charge in [-0.05, 0) is 49.7 Å². The highest BCUT2D eigenvalue weighted by Gasteiger charge is 2.18. The van der Waals surface area contributed by atoms with Gasteiger partial charge >= 0.3 is 0 Å². The highest BCUT2D eigenvalue weighted by atomic mass is 32.2. The molecule has 0 spiro atoms. The largest absolute Gasteiger partial charge is 0.365 e. The number of fused-ring (bicyclic) bond motifs is 2. The van der Waals surface area contributed by atoms with Crippen LogP contribution in [0.3, 0.4) is 0 Å². The fourth-order valence-corrected chi connectivity index (χ4v) is 4.33. The predicted octanol–water partition coefficient (Wildman–Crippen LogP) is 3.56. The molecule has 0 aliphatic carbocycles. The molecule has 0 unspecified atom stereocenters. The van der Waals surface area contributed by atoms with Gasteiger partial charge in [0.1, 0.15) is 0 Å². The third-order valence-corrected chi connectivity index (χ3v) is 5.89. The average molecular weight is 344 g/mol. The van der Waals surface area contributed by atoms with Crippen molar-refractivity contribution in [1.82, 2.24) is 19.9 Å². The molecular formula is C15H16N6S2. The summed E-state index contributed by atoms with van der Waals surface area (Å²) in [5.74, 6) is 0.937. The van der Waals surface area contributed by atoms with Crippen LogP contribution in [0.2, 0.25) is 0 Å². The summed E-state index contributed by atoms with van der Waals surface area (Å²) in [6.45, 7) is 4.15. The van der Waals surface area contributed by atoms with Crippen LogP contribution in [0.4, 0.5) is 5.13 Å². The van der Waals surface area contributed by atoms with E-state index < -0.39 is 0 Å². The molecule has 1 aliphatic heterocycles. The number of hydrogen-bond acceptors (Lipinski definition) is 7. The van der Waals surface area contributed by atoms with Gasteiger partial charge in [-0.2, -0.15) is 9.78 Å². The summed E-state index contributed by atoms with van der Waals surface area (Å²) in [4.78, 5) is 5.72. The van der Waals surface area contributed by atoms with Gasteiger partial charge in [0.25, 0.3) is 0 Å². The molecule has 6 nitrogen and oxygen atoms in total. The van der Waals surface area contributed by atoms with Gasteiger partial charge in [0.05, 0.1) is 10.2 Å². The maximum absolute atomic E-state index is 4.58. The molecule has 1 aromatic carbocycles. The molecule has 0 saturated heterocycles. The highest BCUT2D eigenvalue weighted by molar-refractivity contribution is 7.99. The second-order valence-corrected chi connectivity index (χ2v) is 7.54. The van der Waals surface area contributed by atoms with E-state index in [9.17, 15) is 0 Å². The minimum atomic E-state index is 0.819. The molecule has 4 rings (SSSR count). The van der Waals surface area contributed by atoms with Gasteiger partial charge in [-0.15, -0.1) is 10.2 Å². The molecule has 23 heavy (non-hydrogen) atoms. The average Bonchev–Trinajstić information content (AvgIpc) is 3.11. The van der Waals surface area contributed by atoms with E-state index >= 15 is 0 Å². The first-order chi connectivity index (χ1) is 11.1. The van der Waals surface area contributed by atoms with E-state index in [-0.39, 0.29) is 0 Å². The Morgan fingerprint density at radius 3 is 2.91 bits per heavy atom. The Bertz CT molecular complexity index is 924. The normalized spacial score (nSPS) is 14.0. The Morgan fingerprint density at radius 2 is 2.09 bits per heavy atom. The summed E-state index contributed by atoms with van der Waals surface area (Å²) in [6, 6.07) is 4.30. The molecule has 0 bridgehead atoms. The van der Waals surface area contributed by atoms with Gasteiger partial charge in [0.2, 0.25) is 5.16 Å². The highest BCUT2D eigenvalue weighted by Crippen LogP contribution is 2.35. The first-order valence-electron chi connectivity index (χ1n) is 7.39. The van der Waals surface area contributed by atoms with E-state index in [1.807, 2.05) is 18.6 Å². The molecule has 2 aromatic heterocycles. The zero-order valence-corrected chi connectivity index (χ0v) is 14.8. The van der Waals surface area contributed by atoms with Crippen molar-refractivity contribution in [2.75, 3.05) is 12.4 Å². The minimum absolute atomic E-state index is 0.819. The van der Waals surface area contributed by atoms with Crippen LogP contribution in [0.15, 0.2) is 27.3 Å². The monoisotopic (exact) mass is 344 g/mol. The van der Waals surface area contributed by atoms with Crippen LogP contribution in [0.25, 0.3) is 10.2 Å². The summed E-state index contributed by atoms with van der Waals surface area (Å²) in [7, 11) is 1.89. The second-order valence-electron chi connectivity index (χ2n) is 5.50. The van der Waals surface area contributed by atoms with Gasteiger partial charge in [0.15, 0.2) is 11.0 Å². The number of hydrogen-bond donors (Lipinski definition) is 1. The summed E-state index contributed by atoms with van der Waals surface area (Å²) in [6.07, 6.45) is 1.86. The van der Waals surface area contributed by atoms with Crippen LogP contribution in [0.5, 0.6) is 0 Å². The molecule has 0 atom stereocenters. The third kappa shape index (κ3) is 2.61. The number of thiazole rings is 1. The third-order valence-electron chi connectivity index (χ3n) is 3.76. The van der Waals surface area contributed by atoms with Crippen molar-refractivity contribution in [3.63, 3.8) is 0 Å². The Hall–Kier alpha value is -1.93. The molecule has 3 aromatic rings. The maximum Gasteiger partial charge on any atom is 0.216 e. The second kappa shape index (κ2) is 5.61. The number of aromatic nitrogens is 4. The molecular weight excluding hydrogens is 328 g/mol. The van der Waals surface area contributed by atoms with Gasteiger partial charge in [-0.25, -0.2) is 4.98 Å². The van der Waals surface area contributed by atoms with Crippen molar-refractivity contribution < 1.29 is 0 Å². The summed E-state index contributed by atoms with van der Waals surface area (Å²) in [5.41, 5.74) is 3.33. The molecule has 1 aliphatic rings. The van der Waals surface area contributed by atoms with E-state index in [0.29, 0.717) is 0 Å². The summed E-state index contributed by atoms with van der Waals surface area (Å²) < 4.78 is 3.04. The quantitative estimate of drug-likeness (QED) is 0.787. The Labute approximate surface area is 142 Å². The lowest BCUT2D eigenvalue weighted by atomic mass is 10.2. The van der Waals surface area contributed by atoms with E-state index in [1.165, 1.54) is 10.3 Å². The molecule has 0 fully saturated rings. The maximum atomic E-state index is 4.58. The predicted molar refractivity (Wildman–Crippen MR) is 94.9 cm³/mol. The lowest BCUT2D eigenvalue weighted by molar-refractivity contribution is 0.679. The van der Waals surface area contributed by atoms with E-state index in [4.69, 9.17) is 0 Å². The van der Waals surface area contributed by atoms with Crippen LogP contribution in [-0.4, -0.2) is 32.6 Å². The van der Waals surface area contributed by atoms with Crippen molar-refractivity contribution in [2.45, 2.75) is 36.7 Å². The summed E-state index contributed by atoms with van der Waals surface area (Å²) >= 11 is 3.27. The lowest BCUT2D eigenvalue weighted by Gasteiger charge is -2.11. The smallest absolute Gasteiger partial charge is 0.216 e. The van der Waals surface area contributed by atoms with E-state index in [2.05, 4.69) is 44.7 Å². The van der Waals surface area contributed by atoms with Gasteiger partial charge in [-0.1, -0.05) is 11.3 Å². The fourth-order valence-electron chi connectivity index (χ4n) is 2.50. The number of anilines is 1. The van der Waals surface area contributed by atoms with Crippen molar-refractivity contribution in [2.24, 2.45) is 5.10 Å². The topological polar surface area (TPSA) is 68.0 Å². The first kappa shape index (κ1) is 14.6. The van der Waals surface area contributed by atoms with Crippen molar-refractivity contribution in [1.29, 1.82) is 0 Å². The molecule has 118 valence electrons. The van der Waals surface area contributed by atoms with E-state index in [1.54, 1.807) is 23.1 Å². The number of nitrogens with zero attached hydrogens (tertiary/aromatic N) is 5. The molecule has 8 heteroatoms. The number of benzene rings is 1. The van der Waals surface area contributed by atoms with Crippen LogP contribution < -0.4 is 5.32 Å². The van der Waals surface area contributed by atoms with Crippen molar-refractivity contribution in [3.05, 3.63) is 23.5 Å². The zero-order valence-electron chi connectivity index (χ0n) is 13.1. The Morgan fingerprint density at radius 1 is 1.22 bits per heavy atom. The zero-order chi connectivity index (χ0) is 16.0. The SMILES string of the molecule is CNc1nc2cc(C)c(Sc3nnc4n3N=C(C)CC4)cc2s1. The fraction of sp³-hybridized carbons (Fsp3) is 0.333. The van der Waals surface area contributed by atoms with Crippen LogP contribution in [-0.2, 0) is 6.42 Å². The Balaban J connectivity index is 1.73. The minimum Gasteiger partial charge on any atom is -0.365 e. The molecule has 1 N–H and O–H groups in total. The van der Waals surface area contributed by atoms with Crippen molar-refractivity contribution >= 4 is 44.2 Å². The lowest BCUT2D eigenvalue weighted by Crippen LogP contribution is -2.11. The standard InChI is InChI=1S/C15H16N6S2/c1-8-6-10-12(22-14(16-3)17-10)7-11(8)23-15-19-18-13-5-4-9(2)20-21(13)15/h6-7H,4-5H2,1-3H3,(H,16,17). The Kier molecular flexibility index (Phi) is 3.57. The van der Waals surface area contributed by atoms with E-state index in [0.717, 1.165) is 45.1 Å².